The van der Waals surface area contributed by atoms with Gasteiger partial charge in [-0.1, -0.05) is 48.7 Å². The van der Waals surface area contributed by atoms with Crippen LogP contribution in [-0.2, 0) is 35.0 Å². The second kappa shape index (κ2) is 27.9. The zero-order chi connectivity index (χ0) is 50.0. The highest BCUT2D eigenvalue weighted by Gasteiger charge is 2.35. The molecule has 1 aromatic carbocycles. The van der Waals surface area contributed by atoms with Crippen molar-refractivity contribution in [1.82, 2.24) is 54.7 Å². The molecule has 2 saturated heterocycles. The van der Waals surface area contributed by atoms with Gasteiger partial charge in [0, 0.05) is 65.3 Å². The van der Waals surface area contributed by atoms with E-state index in [4.69, 9.17) is 47.1 Å². The van der Waals surface area contributed by atoms with Gasteiger partial charge < -0.3 is 78.3 Å². The lowest BCUT2D eigenvalue weighted by Gasteiger charge is -2.38. The standard InChI is InChI=1S/C45H66N16O9.ClH/c1-4-21-68-23-25-70-26-24-69-22-12-48-43-49-44(58-17-13-56(14-18-58)41(66)38(10-11-39(64)65)60-28-37(53-54-60)35(47)30-62)51-45(50-43)59-19-15-57(16-20-59)42(67)40(31(3)5-2)61-29-36(52-55-61)34(46)27-32-6-8-33(63)9-7-32;/h1,6-9,28-29,31,34-35,38,40,62-63H,5,10-27,30,46-47H2,2-3H3,(H,64,65)(H,48,49,50,51);1H/p-1. The van der Waals surface area contributed by atoms with Gasteiger partial charge >= 0.3 is 5.97 Å². The molecule has 2 aliphatic rings. The van der Waals surface area contributed by atoms with E-state index in [9.17, 15) is 29.7 Å². The number of aliphatic carboxylic acids is 1. The van der Waals surface area contributed by atoms with Gasteiger partial charge in [-0.3, -0.25) is 14.4 Å². The Hall–Kier alpha value is -6.27. The molecular weight excluding hydrogens is 944 g/mol. The Kier molecular flexibility index (Phi) is 21.9. The van der Waals surface area contributed by atoms with Gasteiger partial charge in [0.15, 0.2) is 0 Å². The highest BCUT2D eigenvalue weighted by molar-refractivity contribution is 5.82. The van der Waals surface area contributed by atoms with Crippen molar-refractivity contribution < 1.29 is 56.3 Å². The van der Waals surface area contributed by atoms with Crippen molar-refractivity contribution in [1.29, 1.82) is 0 Å². The normalized spacial score (nSPS) is 16.1. The second-order valence-corrected chi connectivity index (χ2v) is 17.1. The fraction of sp³-hybridized carbons (Fsp3) is 0.600. The fourth-order valence-electron chi connectivity index (χ4n) is 7.94. The highest BCUT2D eigenvalue weighted by atomic mass is 35.5. The number of aromatic hydroxyl groups is 1. The van der Waals surface area contributed by atoms with E-state index in [0.717, 1.165) is 12.0 Å². The number of benzene rings is 1. The van der Waals surface area contributed by atoms with E-state index >= 15 is 0 Å². The van der Waals surface area contributed by atoms with Gasteiger partial charge in [-0.25, -0.2) is 9.36 Å². The van der Waals surface area contributed by atoms with Gasteiger partial charge in [-0.05, 0) is 36.5 Å². The number of rotatable bonds is 27. The third-order valence-electron chi connectivity index (χ3n) is 12.2. The van der Waals surface area contributed by atoms with Crippen LogP contribution in [0.15, 0.2) is 36.7 Å². The third kappa shape index (κ3) is 15.9. The Morgan fingerprint density at radius 2 is 1.34 bits per heavy atom. The number of hydrogen-bond donors (Lipinski definition) is 6. The van der Waals surface area contributed by atoms with Crippen LogP contribution in [0.4, 0.5) is 17.8 Å². The van der Waals surface area contributed by atoms with Crippen molar-refractivity contribution in [3.05, 3.63) is 53.6 Å². The SMILES string of the molecule is C#CCOCCOCCOCCNc1nc(N2CCN(C(=O)C(CCC(=O)O)n3cc(C(N)CO)nn3)CC2)nc(N2CCN(C(=O)C(C(C)CC)n3cc(C(N)Cc4ccc(O)cc4)nn3)CC2)n1.[Cl-]. The van der Waals surface area contributed by atoms with Crippen molar-refractivity contribution in [3.8, 4) is 18.1 Å². The van der Waals surface area contributed by atoms with E-state index in [1.807, 2.05) is 40.7 Å². The van der Waals surface area contributed by atoms with Crippen LogP contribution in [-0.4, -0.2) is 193 Å². The Balaban J connectivity index is 0.00000937. The summed E-state index contributed by atoms with van der Waals surface area (Å²) in [6.07, 6.45) is 9.33. The lowest BCUT2D eigenvalue weighted by atomic mass is 9.97. The predicted molar refractivity (Wildman–Crippen MR) is 254 cm³/mol. The van der Waals surface area contributed by atoms with Gasteiger partial charge in [0.1, 0.15) is 30.1 Å². The van der Waals surface area contributed by atoms with Crippen LogP contribution < -0.4 is 39.0 Å². The number of nitrogens with two attached hydrogens (primary N) is 2. The first-order valence-corrected chi connectivity index (χ1v) is 23.6. The number of phenols is 1. The van der Waals surface area contributed by atoms with Gasteiger partial charge in [-0.2, -0.15) is 15.0 Å². The van der Waals surface area contributed by atoms with Crippen LogP contribution in [0, 0.1) is 18.3 Å². The quantitative estimate of drug-likeness (QED) is 0.0253. The molecule has 6 rings (SSSR count). The molecule has 388 valence electrons. The van der Waals surface area contributed by atoms with E-state index in [1.54, 1.807) is 27.9 Å². The van der Waals surface area contributed by atoms with Crippen molar-refractivity contribution in [3.63, 3.8) is 0 Å². The minimum Gasteiger partial charge on any atom is -1.00 e. The van der Waals surface area contributed by atoms with Gasteiger partial charge in [0.25, 0.3) is 0 Å². The number of piperazine rings is 2. The van der Waals surface area contributed by atoms with E-state index in [-0.39, 0.29) is 80.7 Å². The molecule has 4 aromatic rings. The van der Waals surface area contributed by atoms with Crippen LogP contribution >= 0.6 is 0 Å². The molecule has 2 fully saturated rings. The smallest absolute Gasteiger partial charge is 0.303 e. The molecule has 3 aromatic heterocycles. The van der Waals surface area contributed by atoms with Crippen molar-refractivity contribution >= 4 is 35.6 Å². The molecule has 2 amide bonds. The zero-order valence-corrected chi connectivity index (χ0v) is 41.0. The Bertz CT molecular complexity index is 2320. The summed E-state index contributed by atoms with van der Waals surface area (Å²) in [4.78, 5) is 61.8. The number of terminal acetylenes is 1. The van der Waals surface area contributed by atoms with Gasteiger partial charge in [0.2, 0.25) is 29.7 Å². The van der Waals surface area contributed by atoms with Crippen LogP contribution in [0.5, 0.6) is 5.75 Å². The lowest BCUT2D eigenvalue weighted by Crippen LogP contribution is -3.00. The summed E-state index contributed by atoms with van der Waals surface area (Å²) < 4.78 is 19.4. The Morgan fingerprint density at radius 3 is 1.92 bits per heavy atom. The summed E-state index contributed by atoms with van der Waals surface area (Å²) in [5, 5.41) is 48.7. The number of aromatic nitrogens is 9. The third-order valence-corrected chi connectivity index (χ3v) is 12.2. The summed E-state index contributed by atoms with van der Waals surface area (Å²) in [5.74, 6) is 2.20. The van der Waals surface area contributed by atoms with Crippen LogP contribution in [0.3, 0.4) is 0 Å². The number of carbonyl (C=O) groups is 3. The maximum atomic E-state index is 14.3. The van der Waals surface area contributed by atoms with E-state index in [0.29, 0.717) is 109 Å². The number of nitrogens with zero attached hydrogens (tertiary/aromatic N) is 13. The average molecular weight is 1010 g/mol. The molecule has 0 saturated carbocycles. The number of ether oxygens (including phenoxy) is 3. The zero-order valence-electron chi connectivity index (χ0n) is 40.2. The summed E-state index contributed by atoms with van der Waals surface area (Å²) in [6.45, 7) is 9.13. The molecule has 8 N–H and O–H groups in total. The molecule has 71 heavy (non-hydrogen) atoms. The van der Waals surface area contributed by atoms with Crippen molar-refractivity contribution in [2.75, 3.05) is 120 Å². The van der Waals surface area contributed by atoms with Gasteiger partial charge in [-0.15, -0.1) is 16.6 Å². The highest BCUT2D eigenvalue weighted by Crippen LogP contribution is 2.27. The molecule has 2 aliphatic heterocycles. The Labute approximate surface area is 418 Å². The number of carbonyl (C=O) groups excluding carboxylic acids is 2. The largest absolute Gasteiger partial charge is 1.00 e. The molecule has 5 atom stereocenters. The maximum absolute atomic E-state index is 14.3. The number of phenolic OH excluding ortho intramolecular Hbond substituents is 1. The van der Waals surface area contributed by atoms with E-state index < -0.39 is 30.1 Å². The predicted octanol–water partition coefficient (Wildman–Crippen LogP) is -3.22. The first-order valence-electron chi connectivity index (χ1n) is 23.6. The molecule has 0 radical (unpaired) electrons. The van der Waals surface area contributed by atoms with Crippen LogP contribution in [0.25, 0.3) is 0 Å². The molecule has 0 aliphatic carbocycles. The number of aliphatic hydroxyl groups excluding tert-OH is 1. The fourth-order valence-corrected chi connectivity index (χ4v) is 7.94. The average Bonchev–Trinajstić information content (AvgIpc) is 4.07. The van der Waals surface area contributed by atoms with Crippen LogP contribution in [0.1, 0.15) is 74.2 Å². The molecule has 25 nitrogen and oxygen atoms in total. The number of hydrogen-bond acceptors (Lipinski definition) is 20. The molecule has 5 heterocycles. The molecule has 26 heteroatoms. The number of aliphatic hydroxyl groups is 1. The Morgan fingerprint density at radius 1 is 0.789 bits per heavy atom. The number of amides is 2. The summed E-state index contributed by atoms with van der Waals surface area (Å²) in [7, 11) is 0. The lowest BCUT2D eigenvalue weighted by molar-refractivity contribution is -0.139. The summed E-state index contributed by atoms with van der Waals surface area (Å²) >= 11 is 0. The monoisotopic (exact) mass is 1010 g/mol. The molecule has 0 spiro atoms. The topological polar surface area (TPSA) is 317 Å². The number of carboxylic acid groups (broad SMARTS) is 1. The second-order valence-electron chi connectivity index (χ2n) is 17.1. The number of anilines is 3. The molecular formula is C45H66ClN16O9-. The van der Waals surface area contributed by atoms with Crippen molar-refractivity contribution in [2.45, 2.75) is 63.7 Å². The summed E-state index contributed by atoms with van der Waals surface area (Å²) in [5.41, 5.74) is 14.2. The van der Waals surface area contributed by atoms with E-state index in [2.05, 4.69) is 31.9 Å². The van der Waals surface area contributed by atoms with Crippen molar-refractivity contribution in [2.24, 2.45) is 17.4 Å². The molecule has 5 unspecified atom stereocenters. The van der Waals surface area contributed by atoms with Crippen LogP contribution in [0.2, 0.25) is 0 Å². The maximum Gasteiger partial charge on any atom is 0.303 e. The molecule has 0 bridgehead atoms. The van der Waals surface area contributed by atoms with Gasteiger partial charge in [0.05, 0.1) is 69.8 Å². The minimum atomic E-state index is -1.06. The number of nitrogens with one attached hydrogen (secondary N) is 1. The number of halogens is 1. The first-order chi connectivity index (χ1) is 33.9. The number of carboxylic acids is 1. The first kappa shape index (κ1) is 55.7. The van der Waals surface area contributed by atoms with E-state index in [1.165, 1.54) is 10.9 Å². The minimum absolute atomic E-state index is 0. The summed E-state index contributed by atoms with van der Waals surface area (Å²) in [6, 6.07) is 4.03.